The molecule has 7 heteroatoms. The number of rotatable bonds is 4. The number of aromatic nitrogens is 2. The zero-order valence-corrected chi connectivity index (χ0v) is 14.9. The molecule has 7 nitrogen and oxygen atoms in total. The van der Waals surface area contributed by atoms with Crippen LogP contribution in [0.5, 0.6) is 5.75 Å². The molecule has 1 aromatic carbocycles. The predicted octanol–water partition coefficient (Wildman–Crippen LogP) is 2.75. The van der Waals surface area contributed by atoms with Crippen LogP contribution < -0.4 is 15.0 Å². The van der Waals surface area contributed by atoms with Gasteiger partial charge in [0.15, 0.2) is 11.6 Å². The van der Waals surface area contributed by atoms with Gasteiger partial charge in [0.1, 0.15) is 6.33 Å². The Balaban J connectivity index is 1.36. The molecule has 2 amide bonds. The first-order valence-corrected chi connectivity index (χ1v) is 8.97. The van der Waals surface area contributed by atoms with Gasteiger partial charge in [0.05, 0.1) is 13.3 Å². The van der Waals surface area contributed by atoms with E-state index in [1.54, 1.807) is 19.6 Å². The average Bonchev–Trinajstić information content (AvgIpc) is 2.69. The smallest absolute Gasteiger partial charge is 0.322 e. The number of hydrogen-bond acceptors (Lipinski definition) is 5. The van der Waals surface area contributed by atoms with Crippen molar-refractivity contribution < 1.29 is 9.53 Å². The van der Waals surface area contributed by atoms with Crippen molar-refractivity contribution in [3.05, 3.63) is 42.4 Å². The summed E-state index contributed by atoms with van der Waals surface area (Å²) in [5.74, 6) is 2.05. The fourth-order valence-corrected chi connectivity index (χ4v) is 3.73. The van der Waals surface area contributed by atoms with Crippen LogP contribution in [0.15, 0.2) is 36.8 Å². The Hall–Kier alpha value is -2.83. The van der Waals surface area contributed by atoms with E-state index < -0.39 is 0 Å². The summed E-state index contributed by atoms with van der Waals surface area (Å²) in [5, 5.41) is 2.99. The molecule has 0 atom stereocenters. The SMILES string of the molecule is COc1cncnc1N1CCC(CN2Cc3ccccc3NC2=O)CC1. The van der Waals surface area contributed by atoms with E-state index in [0.717, 1.165) is 44.0 Å². The Morgan fingerprint density at radius 3 is 2.88 bits per heavy atom. The van der Waals surface area contributed by atoms with Gasteiger partial charge < -0.3 is 19.9 Å². The van der Waals surface area contributed by atoms with E-state index in [4.69, 9.17) is 4.74 Å². The van der Waals surface area contributed by atoms with Gasteiger partial charge in [-0.25, -0.2) is 14.8 Å². The number of nitrogens with zero attached hydrogens (tertiary/aromatic N) is 4. The van der Waals surface area contributed by atoms with Gasteiger partial charge in [-0.2, -0.15) is 0 Å². The topological polar surface area (TPSA) is 70.6 Å². The van der Waals surface area contributed by atoms with Crippen molar-refractivity contribution in [3.63, 3.8) is 0 Å². The second kappa shape index (κ2) is 7.19. The van der Waals surface area contributed by atoms with Gasteiger partial charge >= 0.3 is 6.03 Å². The molecule has 2 aliphatic heterocycles. The van der Waals surface area contributed by atoms with E-state index in [0.29, 0.717) is 18.2 Å². The monoisotopic (exact) mass is 353 g/mol. The number of benzene rings is 1. The number of urea groups is 1. The molecule has 0 spiro atoms. The number of hydrogen-bond donors (Lipinski definition) is 1. The third-order valence-corrected chi connectivity index (χ3v) is 5.18. The van der Waals surface area contributed by atoms with Gasteiger partial charge in [-0.3, -0.25) is 0 Å². The first kappa shape index (κ1) is 16.6. The van der Waals surface area contributed by atoms with Crippen LogP contribution in [0.4, 0.5) is 16.3 Å². The highest BCUT2D eigenvalue weighted by molar-refractivity contribution is 5.92. The molecule has 3 heterocycles. The average molecular weight is 353 g/mol. The lowest BCUT2D eigenvalue weighted by Gasteiger charge is -2.37. The van der Waals surface area contributed by atoms with Gasteiger partial charge in [-0.15, -0.1) is 0 Å². The highest BCUT2D eigenvalue weighted by atomic mass is 16.5. The van der Waals surface area contributed by atoms with E-state index in [-0.39, 0.29) is 6.03 Å². The van der Waals surface area contributed by atoms with Crippen molar-refractivity contribution >= 4 is 17.5 Å². The third kappa shape index (κ3) is 3.29. The number of carbonyl (C=O) groups excluding carboxylic acids is 1. The van der Waals surface area contributed by atoms with Crippen molar-refractivity contribution in [1.82, 2.24) is 14.9 Å². The first-order valence-electron chi connectivity index (χ1n) is 8.97. The van der Waals surface area contributed by atoms with Crippen molar-refractivity contribution in [1.29, 1.82) is 0 Å². The standard InChI is InChI=1S/C19H23N5O2/c1-26-17-10-20-13-21-18(17)23-8-6-14(7-9-23)11-24-12-15-4-2-3-5-16(15)22-19(24)25/h2-5,10,13-14H,6-9,11-12H2,1H3,(H,22,25). The number of para-hydroxylation sites is 1. The molecule has 26 heavy (non-hydrogen) atoms. The normalized spacial score (nSPS) is 17.7. The van der Waals surface area contributed by atoms with Gasteiger partial charge in [0, 0.05) is 31.9 Å². The van der Waals surface area contributed by atoms with Crippen molar-refractivity contribution in [2.45, 2.75) is 19.4 Å². The van der Waals surface area contributed by atoms with Crippen LogP contribution in [0.3, 0.4) is 0 Å². The van der Waals surface area contributed by atoms with E-state index in [1.807, 2.05) is 23.1 Å². The van der Waals surface area contributed by atoms with Gasteiger partial charge in [-0.05, 0) is 30.4 Å². The first-order chi connectivity index (χ1) is 12.7. The Bertz CT molecular complexity index is 789. The minimum Gasteiger partial charge on any atom is -0.491 e. The van der Waals surface area contributed by atoms with E-state index >= 15 is 0 Å². The summed E-state index contributed by atoms with van der Waals surface area (Å²) in [6, 6.07) is 8.00. The van der Waals surface area contributed by atoms with Crippen molar-refractivity contribution in [2.24, 2.45) is 5.92 Å². The summed E-state index contributed by atoms with van der Waals surface area (Å²) in [7, 11) is 1.64. The molecule has 2 aliphatic rings. The van der Waals surface area contributed by atoms with Gasteiger partial charge in [0.25, 0.3) is 0 Å². The molecule has 0 bridgehead atoms. The van der Waals surface area contributed by atoms with Crippen molar-refractivity contribution in [2.75, 3.05) is 37.0 Å². The lowest BCUT2D eigenvalue weighted by molar-refractivity contribution is 0.188. The molecule has 1 saturated heterocycles. The number of nitrogens with one attached hydrogen (secondary N) is 1. The van der Waals surface area contributed by atoms with Crippen LogP contribution in [0.2, 0.25) is 0 Å². The zero-order chi connectivity index (χ0) is 17.9. The van der Waals surface area contributed by atoms with Crippen LogP contribution in [0.1, 0.15) is 18.4 Å². The van der Waals surface area contributed by atoms with Crippen LogP contribution >= 0.6 is 0 Å². The Morgan fingerprint density at radius 2 is 2.08 bits per heavy atom. The Labute approximate surface area is 153 Å². The molecule has 136 valence electrons. The molecule has 1 fully saturated rings. The summed E-state index contributed by atoms with van der Waals surface area (Å²) >= 11 is 0. The molecule has 0 radical (unpaired) electrons. The summed E-state index contributed by atoms with van der Waals surface area (Å²) in [6.07, 6.45) is 5.31. The molecule has 0 saturated carbocycles. The number of amides is 2. The number of ether oxygens (including phenoxy) is 1. The number of fused-ring (bicyclic) bond motifs is 1. The molecule has 1 aromatic heterocycles. The molecular weight excluding hydrogens is 330 g/mol. The van der Waals surface area contributed by atoms with Crippen LogP contribution in [0, 0.1) is 5.92 Å². The quantitative estimate of drug-likeness (QED) is 0.915. The second-order valence-corrected chi connectivity index (χ2v) is 6.81. The fourth-order valence-electron chi connectivity index (χ4n) is 3.73. The lowest BCUT2D eigenvalue weighted by Crippen LogP contribution is -2.44. The number of piperidine rings is 1. The number of methoxy groups -OCH3 is 1. The fraction of sp³-hybridized carbons (Fsp3) is 0.421. The summed E-state index contributed by atoms with van der Waals surface area (Å²) < 4.78 is 5.37. The number of carbonyl (C=O) groups is 1. The largest absolute Gasteiger partial charge is 0.491 e. The maximum absolute atomic E-state index is 12.4. The minimum absolute atomic E-state index is 0.00333. The zero-order valence-electron chi connectivity index (χ0n) is 14.9. The molecule has 2 aromatic rings. The summed E-state index contributed by atoms with van der Waals surface area (Å²) in [6.45, 7) is 3.28. The maximum atomic E-state index is 12.4. The van der Waals surface area contributed by atoms with E-state index in [2.05, 4.69) is 26.3 Å². The molecule has 4 rings (SSSR count). The predicted molar refractivity (Wildman–Crippen MR) is 99.4 cm³/mol. The van der Waals surface area contributed by atoms with Crippen molar-refractivity contribution in [3.8, 4) is 5.75 Å². The molecule has 0 aliphatic carbocycles. The van der Waals surface area contributed by atoms with Crippen LogP contribution in [-0.2, 0) is 6.54 Å². The summed E-state index contributed by atoms with van der Waals surface area (Å²) in [5.41, 5.74) is 2.11. The van der Waals surface area contributed by atoms with E-state index in [9.17, 15) is 4.79 Å². The third-order valence-electron chi connectivity index (χ3n) is 5.18. The minimum atomic E-state index is 0.00333. The lowest BCUT2D eigenvalue weighted by atomic mass is 9.95. The Kier molecular flexibility index (Phi) is 4.60. The molecule has 0 unspecified atom stereocenters. The maximum Gasteiger partial charge on any atom is 0.322 e. The highest BCUT2D eigenvalue weighted by Gasteiger charge is 2.28. The van der Waals surface area contributed by atoms with E-state index in [1.165, 1.54) is 5.56 Å². The van der Waals surface area contributed by atoms with Crippen LogP contribution in [0.25, 0.3) is 0 Å². The summed E-state index contributed by atoms with van der Waals surface area (Å²) in [4.78, 5) is 24.9. The number of anilines is 2. The molecule has 1 N–H and O–H groups in total. The van der Waals surface area contributed by atoms with Crippen LogP contribution in [-0.4, -0.2) is 47.6 Å². The second-order valence-electron chi connectivity index (χ2n) is 6.81. The highest BCUT2D eigenvalue weighted by Crippen LogP contribution is 2.30. The van der Waals surface area contributed by atoms with Gasteiger partial charge in [-0.1, -0.05) is 18.2 Å². The van der Waals surface area contributed by atoms with Gasteiger partial charge in [0.2, 0.25) is 0 Å². The molecular formula is C19H23N5O2. The Morgan fingerprint density at radius 1 is 1.27 bits per heavy atom.